The van der Waals surface area contributed by atoms with E-state index in [-0.39, 0.29) is 17.9 Å². The average molecular weight is 344 g/mol. The average Bonchev–Trinajstić information content (AvgIpc) is 3.01. The van der Waals surface area contributed by atoms with Crippen LogP contribution in [-0.4, -0.2) is 40.6 Å². The highest BCUT2D eigenvalue weighted by molar-refractivity contribution is 5.78. The lowest BCUT2D eigenvalue weighted by atomic mass is 10.0. The van der Waals surface area contributed by atoms with Crippen LogP contribution >= 0.6 is 0 Å². The van der Waals surface area contributed by atoms with Gasteiger partial charge in [-0.25, -0.2) is 4.98 Å². The molecule has 0 bridgehead atoms. The summed E-state index contributed by atoms with van der Waals surface area (Å²) < 4.78 is 0. The van der Waals surface area contributed by atoms with E-state index in [9.17, 15) is 4.79 Å². The van der Waals surface area contributed by atoms with Crippen LogP contribution < -0.4 is 5.32 Å². The van der Waals surface area contributed by atoms with Gasteiger partial charge in [-0.1, -0.05) is 19.9 Å². The summed E-state index contributed by atoms with van der Waals surface area (Å²) in [6, 6.07) is 6.02. The van der Waals surface area contributed by atoms with E-state index < -0.39 is 0 Å². The Balaban J connectivity index is 1.64. The number of aromatic nitrogens is 2. The number of aromatic amines is 1. The van der Waals surface area contributed by atoms with Crippen LogP contribution in [0.25, 0.3) is 11.0 Å². The molecule has 0 radical (unpaired) electrons. The normalized spacial score (nSPS) is 17.1. The van der Waals surface area contributed by atoms with Crippen molar-refractivity contribution in [2.45, 2.75) is 46.1 Å². The van der Waals surface area contributed by atoms with Crippen molar-refractivity contribution in [3.05, 3.63) is 29.6 Å². The number of carbonyl (C=O) groups is 1. The molecule has 3 rings (SSSR count). The highest BCUT2D eigenvalue weighted by atomic mass is 16.7. The second-order valence-electron chi connectivity index (χ2n) is 7.15. The first kappa shape index (κ1) is 17.9. The van der Waals surface area contributed by atoms with Crippen molar-refractivity contribution in [1.29, 1.82) is 0 Å². The molecule has 25 heavy (non-hydrogen) atoms. The number of carbonyl (C=O) groups excluding carboxylic acids is 1. The molecule has 1 amide bonds. The summed E-state index contributed by atoms with van der Waals surface area (Å²) in [5, 5.41) is 5.03. The summed E-state index contributed by atoms with van der Waals surface area (Å²) in [6.07, 6.45) is 2.67. The van der Waals surface area contributed by atoms with E-state index in [2.05, 4.69) is 48.2 Å². The molecule has 1 atom stereocenters. The number of aryl methyl sites for hydroxylation is 1. The number of H-pyrrole nitrogens is 1. The number of benzene rings is 1. The number of amides is 1. The molecule has 0 unspecified atom stereocenters. The van der Waals surface area contributed by atoms with Gasteiger partial charge in [0, 0.05) is 19.5 Å². The van der Waals surface area contributed by atoms with Gasteiger partial charge in [-0.2, -0.15) is 5.06 Å². The summed E-state index contributed by atoms with van der Waals surface area (Å²) in [6.45, 7) is 8.55. The predicted molar refractivity (Wildman–Crippen MR) is 97.9 cm³/mol. The maximum atomic E-state index is 12.4. The first-order valence-corrected chi connectivity index (χ1v) is 9.16. The minimum Gasteiger partial charge on any atom is -0.346 e. The second kappa shape index (κ2) is 7.97. The minimum absolute atomic E-state index is 0.0320. The van der Waals surface area contributed by atoms with Gasteiger partial charge >= 0.3 is 0 Å². The van der Waals surface area contributed by atoms with E-state index >= 15 is 0 Å². The molecule has 1 aromatic heterocycles. The standard InChI is InChI=1S/C19H28N4O2/c1-13(2)18(19-20-15-7-6-14(3)12-16(15)21-19)22-17(24)8-10-23-9-4-5-11-25-23/h6-7,12-13,18H,4-5,8-11H2,1-3H3,(H,20,21)(H,22,24)/t18-/m0/s1. The topological polar surface area (TPSA) is 70.2 Å². The summed E-state index contributed by atoms with van der Waals surface area (Å²) in [7, 11) is 0. The SMILES string of the molecule is Cc1ccc2nc([C@@H](NC(=O)CCN3CCCCO3)C(C)C)[nH]c2c1. The van der Waals surface area contributed by atoms with Crippen LogP contribution in [0, 0.1) is 12.8 Å². The van der Waals surface area contributed by atoms with E-state index in [0.717, 1.165) is 42.9 Å². The van der Waals surface area contributed by atoms with Crippen molar-refractivity contribution in [2.75, 3.05) is 19.7 Å². The Labute approximate surface area is 148 Å². The Morgan fingerprint density at radius 1 is 1.40 bits per heavy atom. The molecular formula is C19H28N4O2. The zero-order valence-electron chi connectivity index (χ0n) is 15.3. The fraction of sp³-hybridized carbons (Fsp3) is 0.579. The van der Waals surface area contributed by atoms with Gasteiger partial charge in [0.25, 0.3) is 0 Å². The first-order valence-electron chi connectivity index (χ1n) is 9.16. The van der Waals surface area contributed by atoms with Gasteiger partial charge < -0.3 is 10.3 Å². The second-order valence-corrected chi connectivity index (χ2v) is 7.15. The number of hydroxylamine groups is 2. The minimum atomic E-state index is -0.123. The summed E-state index contributed by atoms with van der Waals surface area (Å²) >= 11 is 0. The molecule has 1 aliphatic heterocycles. The molecule has 2 aromatic rings. The lowest BCUT2D eigenvalue weighted by molar-refractivity contribution is -0.181. The number of fused-ring (bicyclic) bond motifs is 1. The van der Waals surface area contributed by atoms with Crippen LogP contribution in [0.4, 0.5) is 0 Å². The van der Waals surface area contributed by atoms with Gasteiger partial charge in [-0.3, -0.25) is 9.63 Å². The summed E-state index contributed by atoms with van der Waals surface area (Å²) in [4.78, 5) is 26.0. The molecule has 0 saturated carbocycles. The predicted octanol–water partition coefficient (Wildman–Crippen LogP) is 3.10. The lowest BCUT2D eigenvalue weighted by Gasteiger charge is -2.26. The van der Waals surface area contributed by atoms with Gasteiger partial charge in [-0.15, -0.1) is 0 Å². The number of imidazole rings is 1. The molecule has 0 aliphatic carbocycles. The molecule has 1 saturated heterocycles. The monoisotopic (exact) mass is 344 g/mol. The summed E-state index contributed by atoms with van der Waals surface area (Å²) in [5.74, 6) is 1.10. The fourth-order valence-electron chi connectivity index (χ4n) is 3.14. The maximum absolute atomic E-state index is 12.4. The number of nitrogens with zero attached hydrogens (tertiary/aromatic N) is 2. The largest absolute Gasteiger partial charge is 0.346 e. The summed E-state index contributed by atoms with van der Waals surface area (Å²) in [5.41, 5.74) is 3.13. The van der Waals surface area contributed by atoms with E-state index in [4.69, 9.17) is 4.84 Å². The van der Waals surface area contributed by atoms with Crippen molar-refractivity contribution >= 4 is 16.9 Å². The van der Waals surface area contributed by atoms with Gasteiger partial charge in [0.2, 0.25) is 5.91 Å². The molecule has 2 heterocycles. The number of nitrogens with one attached hydrogen (secondary N) is 2. The Morgan fingerprint density at radius 3 is 2.96 bits per heavy atom. The highest BCUT2D eigenvalue weighted by Crippen LogP contribution is 2.23. The van der Waals surface area contributed by atoms with Gasteiger partial charge in [-0.05, 0) is 43.4 Å². The maximum Gasteiger partial charge on any atom is 0.221 e. The molecular weight excluding hydrogens is 316 g/mol. The Morgan fingerprint density at radius 2 is 2.24 bits per heavy atom. The lowest BCUT2D eigenvalue weighted by Crippen LogP contribution is -2.37. The van der Waals surface area contributed by atoms with Crippen molar-refractivity contribution in [1.82, 2.24) is 20.3 Å². The number of hydrogen-bond donors (Lipinski definition) is 2. The molecule has 0 spiro atoms. The molecule has 6 heteroatoms. The smallest absolute Gasteiger partial charge is 0.221 e. The van der Waals surface area contributed by atoms with Crippen LogP contribution in [-0.2, 0) is 9.63 Å². The van der Waals surface area contributed by atoms with E-state index in [1.165, 1.54) is 5.56 Å². The van der Waals surface area contributed by atoms with Crippen LogP contribution in [0.15, 0.2) is 18.2 Å². The zero-order chi connectivity index (χ0) is 17.8. The van der Waals surface area contributed by atoms with Gasteiger partial charge in [0.1, 0.15) is 5.82 Å². The van der Waals surface area contributed by atoms with Crippen molar-refractivity contribution in [3.8, 4) is 0 Å². The number of hydrogen-bond acceptors (Lipinski definition) is 4. The van der Waals surface area contributed by atoms with Crippen LogP contribution in [0.5, 0.6) is 0 Å². The van der Waals surface area contributed by atoms with Crippen LogP contribution in [0.2, 0.25) is 0 Å². The van der Waals surface area contributed by atoms with Crippen LogP contribution in [0.1, 0.15) is 50.5 Å². The Bertz CT molecular complexity index is 719. The molecule has 1 fully saturated rings. The van der Waals surface area contributed by atoms with E-state index in [1.54, 1.807) is 0 Å². The third kappa shape index (κ3) is 4.58. The van der Waals surface area contributed by atoms with E-state index in [0.29, 0.717) is 13.0 Å². The Hall–Kier alpha value is -1.92. The van der Waals surface area contributed by atoms with Crippen molar-refractivity contribution < 1.29 is 9.63 Å². The van der Waals surface area contributed by atoms with Gasteiger partial charge in [0.05, 0.1) is 23.7 Å². The molecule has 2 N–H and O–H groups in total. The Kier molecular flexibility index (Phi) is 5.71. The van der Waals surface area contributed by atoms with Crippen molar-refractivity contribution in [3.63, 3.8) is 0 Å². The van der Waals surface area contributed by atoms with Crippen LogP contribution in [0.3, 0.4) is 0 Å². The molecule has 6 nitrogen and oxygen atoms in total. The molecule has 1 aliphatic rings. The third-order valence-corrected chi connectivity index (χ3v) is 4.60. The molecule has 1 aromatic carbocycles. The number of rotatable bonds is 6. The first-order chi connectivity index (χ1) is 12.0. The highest BCUT2D eigenvalue weighted by Gasteiger charge is 2.22. The molecule has 136 valence electrons. The third-order valence-electron chi connectivity index (χ3n) is 4.60. The quantitative estimate of drug-likeness (QED) is 0.845. The van der Waals surface area contributed by atoms with Gasteiger partial charge in [0.15, 0.2) is 0 Å². The van der Waals surface area contributed by atoms with E-state index in [1.807, 2.05) is 11.1 Å². The fourth-order valence-corrected chi connectivity index (χ4v) is 3.14. The zero-order valence-corrected chi connectivity index (χ0v) is 15.3. The van der Waals surface area contributed by atoms with Crippen molar-refractivity contribution in [2.24, 2.45) is 5.92 Å².